The monoisotopic (exact) mass is 113 g/mol. The van der Waals surface area contributed by atoms with E-state index in [-0.39, 0.29) is 0 Å². The van der Waals surface area contributed by atoms with Crippen molar-refractivity contribution >= 4 is 0 Å². The molecule has 1 rings (SSSR count). The fourth-order valence-corrected chi connectivity index (χ4v) is 1.36. The van der Waals surface area contributed by atoms with Crippen molar-refractivity contribution in [3.05, 3.63) is 0 Å². The van der Waals surface area contributed by atoms with Crippen molar-refractivity contribution in [2.45, 2.75) is 26.7 Å². The molecule has 2 N–H and O–H groups in total. The summed E-state index contributed by atoms with van der Waals surface area (Å²) in [5.41, 5.74) is 6.07. The minimum Gasteiger partial charge on any atom is -0.330 e. The maximum Gasteiger partial charge on any atom is -0.00438 e. The van der Waals surface area contributed by atoms with Crippen LogP contribution in [0.3, 0.4) is 0 Å². The zero-order chi connectivity index (χ0) is 6.20. The fourth-order valence-electron chi connectivity index (χ4n) is 1.36. The molecule has 8 heavy (non-hydrogen) atoms. The van der Waals surface area contributed by atoms with Crippen LogP contribution in [0.1, 0.15) is 26.7 Å². The summed E-state index contributed by atoms with van der Waals surface area (Å²) in [5, 5.41) is 0. The standard InChI is InChI=1S/C7H15N/c1-7(2)4-3-6(7)5-8/h6H,3-5,8H2,1-2H3/t6-/m0/s1. The van der Waals surface area contributed by atoms with E-state index in [1.807, 2.05) is 0 Å². The predicted octanol–water partition coefficient (Wildman–Crippen LogP) is 1.38. The van der Waals surface area contributed by atoms with E-state index in [1.54, 1.807) is 0 Å². The first-order valence-electron chi connectivity index (χ1n) is 3.37. The van der Waals surface area contributed by atoms with Crippen LogP contribution in [0.15, 0.2) is 0 Å². The van der Waals surface area contributed by atoms with E-state index in [9.17, 15) is 0 Å². The number of nitrogens with two attached hydrogens (primary N) is 1. The van der Waals surface area contributed by atoms with Crippen molar-refractivity contribution in [3.63, 3.8) is 0 Å². The number of hydrogen-bond donors (Lipinski definition) is 1. The van der Waals surface area contributed by atoms with Crippen molar-refractivity contribution in [3.8, 4) is 0 Å². The van der Waals surface area contributed by atoms with Crippen LogP contribution in [0.4, 0.5) is 0 Å². The molecule has 0 bridgehead atoms. The van der Waals surface area contributed by atoms with Gasteiger partial charge in [-0.25, -0.2) is 0 Å². The average Bonchev–Trinajstić information content (AvgIpc) is 1.66. The van der Waals surface area contributed by atoms with Crippen molar-refractivity contribution in [2.75, 3.05) is 6.54 Å². The van der Waals surface area contributed by atoms with Gasteiger partial charge in [-0.1, -0.05) is 13.8 Å². The Kier molecular flexibility index (Phi) is 1.31. The molecule has 0 aliphatic heterocycles. The Morgan fingerprint density at radius 2 is 2.25 bits per heavy atom. The van der Waals surface area contributed by atoms with Crippen molar-refractivity contribution in [2.24, 2.45) is 17.1 Å². The van der Waals surface area contributed by atoms with Gasteiger partial charge in [0.1, 0.15) is 0 Å². The first-order valence-corrected chi connectivity index (χ1v) is 3.37. The molecule has 1 aliphatic rings. The van der Waals surface area contributed by atoms with Gasteiger partial charge < -0.3 is 5.73 Å². The Balaban J connectivity index is 2.37. The van der Waals surface area contributed by atoms with Crippen molar-refractivity contribution in [1.29, 1.82) is 0 Å². The van der Waals surface area contributed by atoms with Crippen LogP contribution in [-0.4, -0.2) is 6.54 Å². The van der Waals surface area contributed by atoms with Crippen LogP contribution in [0, 0.1) is 11.3 Å². The van der Waals surface area contributed by atoms with E-state index < -0.39 is 0 Å². The normalized spacial score (nSPS) is 34.1. The Hall–Kier alpha value is -0.0400. The maximum absolute atomic E-state index is 5.51. The highest BCUT2D eigenvalue weighted by Crippen LogP contribution is 2.44. The highest BCUT2D eigenvalue weighted by molar-refractivity contribution is 4.88. The second kappa shape index (κ2) is 1.73. The summed E-state index contributed by atoms with van der Waals surface area (Å²) >= 11 is 0. The van der Waals surface area contributed by atoms with E-state index in [1.165, 1.54) is 12.8 Å². The topological polar surface area (TPSA) is 26.0 Å². The molecule has 0 amide bonds. The van der Waals surface area contributed by atoms with Gasteiger partial charge in [0, 0.05) is 0 Å². The number of hydrogen-bond acceptors (Lipinski definition) is 1. The van der Waals surface area contributed by atoms with Crippen LogP contribution in [-0.2, 0) is 0 Å². The largest absolute Gasteiger partial charge is 0.330 e. The van der Waals surface area contributed by atoms with E-state index in [4.69, 9.17) is 5.73 Å². The van der Waals surface area contributed by atoms with Gasteiger partial charge in [0.2, 0.25) is 0 Å². The molecular formula is C7H15N. The minimum atomic E-state index is 0.564. The van der Waals surface area contributed by atoms with Gasteiger partial charge in [0.25, 0.3) is 0 Å². The van der Waals surface area contributed by atoms with Gasteiger partial charge in [-0.3, -0.25) is 0 Å². The molecule has 1 atom stereocenters. The molecule has 0 spiro atoms. The maximum atomic E-state index is 5.51. The molecule has 0 radical (unpaired) electrons. The molecule has 1 aliphatic carbocycles. The molecule has 0 unspecified atom stereocenters. The van der Waals surface area contributed by atoms with Crippen LogP contribution in [0.2, 0.25) is 0 Å². The second-order valence-electron chi connectivity index (χ2n) is 3.46. The van der Waals surface area contributed by atoms with Gasteiger partial charge in [-0.05, 0) is 30.7 Å². The molecule has 1 fully saturated rings. The van der Waals surface area contributed by atoms with Crippen molar-refractivity contribution in [1.82, 2.24) is 0 Å². The molecule has 0 aromatic heterocycles. The van der Waals surface area contributed by atoms with Gasteiger partial charge in [-0.15, -0.1) is 0 Å². The average molecular weight is 113 g/mol. The molecule has 48 valence electrons. The predicted molar refractivity (Wildman–Crippen MR) is 35.6 cm³/mol. The minimum absolute atomic E-state index is 0.564. The molecule has 0 aromatic rings. The lowest BCUT2D eigenvalue weighted by atomic mass is 9.63. The molecule has 0 saturated heterocycles. The van der Waals surface area contributed by atoms with Crippen molar-refractivity contribution < 1.29 is 0 Å². The zero-order valence-electron chi connectivity index (χ0n) is 5.78. The molecule has 0 heterocycles. The molecule has 1 saturated carbocycles. The lowest BCUT2D eigenvalue weighted by molar-refractivity contribution is 0.0800. The summed E-state index contributed by atoms with van der Waals surface area (Å²) in [6.45, 7) is 5.48. The summed E-state index contributed by atoms with van der Waals surface area (Å²) < 4.78 is 0. The Morgan fingerprint density at radius 1 is 1.62 bits per heavy atom. The third kappa shape index (κ3) is 0.752. The summed E-state index contributed by atoms with van der Waals surface area (Å²) in [5.74, 6) is 0.808. The van der Waals surface area contributed by atoms with E-state index >= 15 is 0 Å². The Morgan fingerprint density at radius 3 is 2.25 bits per heavy atom. The van der Waals surface area contributed by atoms with Gasteiger partial charge in [-0.2, -0.15) is 0 Å². The third-order valence-corrected chi connectivity index (χ3v) is 2.53. The molecule has 1 heteroatoms. The van der Waals surface area contributed by atoms with Gasteiger partial charge in [0.15, 0.2) is 0 Å². The first kappa shape index (κ1) is 6.09. The smallest absolute Gasteiger partial charge is 0.00438 e. The van der Waals surface area contributed by atoms with E-state index in [0.717, 1.165) is 12.5 Å². The van der Waals surface area contributed by atoms with Crippen LogP contribution >= 0.6 is 0 Å². The first-order chi connectivity index (χ1) is 3.67. The summed E-state index contributed by atoms with van der Waals surface area (Å²) in [7, 11) is 0. The highest BCUT2D eigenvalue weighted by Gasteiger charge is 2.36. The summed E-state index contributed by atoms with van der Waals surface area (Å²) in [6.07, 6.45) is 2.72. The SMILES string of the molecule is CC1(C)CC[C@H]1CN. The van der Waals surface area contributed by atoms with Gasteiger partial charge >= 0.3 is 0 Å². The third-order valence-electron chi connectivity index (χ3n) is 2.53. The fraction of sp³-hybridized carbons (Fsp3) is 1.00. The lowest BCUT2D eigenvalue weighted by Gasteiger charge is -2.43. The molecule has 0 aromatic carbocycles. The Bertz CT molecular complexity index is 84.4. The van der Waals surface area contributed by atoms with Crippen LogP contribution in [0.5, 0.6) is 0 Å². The molecular weight excluding hydrogens is 98.1 g/mol. The summed E-state index contributed by atoms with van der Waals surface area (Å²) in [4.78, 5) is 0. The van der Waals surface area contributed by atoms with E-state index in [2.05, 4.69) is 13.8 Å². The quantitative estimate of drug-likeness (QED) is 0.546. The van der Waals surface area contributed by atoms with Gasteiger partial charge in [0.05, 0.1) is 0 Å². The summed E-state index contributed by atoms with van der Waals surface area (Å²) in [6, 6.07) is 0. The lowest BCUT2D eigenvalue weighted by Crippen LogP contribution is -2.39. The van der Waals surface area contributed by atoms with Crippen LogP contribution in [0.25, 0.3) is 0 Å². The molecule has 1 nitrogen and oxygen atoms in total. The second-order valence-corrected chi connectivity index (χ2v) is 3.46. The zero-order valence-corrected chi connectivity index (χ0v) is 5.78. The Labute approximate surface area is 51.3 Å². The number of rotatable bonds is 1. The van der Waals surface area contributed by atoms with Crippen LogP contribution < -0.4 is 5.73 Å². The van der Waals surface area contributed by atoms with E-state index in [0.29, 0.717) is 5.41 Å². The highest BCUT2D eigenvalue weighted by atomic mass is 14.6.